The number of aromatic hydroxyl groups is 1. The minimum atomic E-state index is -0.330. The van der Waals surface area contributed by atoms with Gasteiger partial charge in [-0.3, -0.25) is 14.5 Å². The van der Waals surface area contributed by atoms with Crippen molar-refractivity contribution in [1.82, 2.24) is 14.8 Å². The number of carbonyl (C=O) groups excluding carboxylic acids is 1. The van der Waals surface area contributed by atoms with E-state index in [0.29, 0.717) is 13.1 Å². The topological polar surface area (TPSA) is 74.6 Å². The molecule has 23 heavy (non-hydrogen) atoms. The number of hydrogen-bond acceptors (Lipinski definition) is 4. The highest BCUT2D eigenvalue weighted by atomic mass is 16.3. The van der Waals surface area contributed by atoms with Gasteiger partial charge in [0, 0.05) is 38.3 Å². The zero-order valence-electron chi connectivity index (χ0n) is 14.0. The molecule has 0 saturated carbocycles. The maximum Gasteiger partial charge on any atom is 0.223 e. The number of nitrogens with one attached hydrogen (secondary N) is 1. The van der Waals surface area contributed by atoms with Gasteiger partial charge in [-0.05, 0) is 38.3 Å². The van der Waals surface area contributed by atoms with Crippen molar-refractivity contribution in [2.45, 2.75) is 46.2 Å². The number of carbonyl (C=O) groups is 1. The van der Waals surface area contributed by atoms with Crippen LogP contribution in [0.2, 0.25) is 0 Å². The quantitative estimate of drug-likeness (QED) is 0.775. The van der Waals surface area contributed by atoms with Gasteiger partial charge in [0.15, 0.2) is 5.75 Å². The van der Waals surface area contributed by atoms with E-state index >= 15 is 0 Å². The number of amides is 1. The number of piperidine rings is 1. The fraction of sp³-hybridized carbons (Fsp3) is 0.647. The third-order valence-electron chi connectivity index (χ3n) is 4.41. The molecule has 0 unspecified atom stereocenters. The van der Waals surface area contributed by atoms with Crippen LogP contribution in [0, 0.1) is 5.92 Å². The summed E-state index contributed by atoms with van der Waals surface area (Å²) in [6, 6.07) is 1.53. The standard InChI is InChI=1S/C17H27N3O3/c1-13-4-8-19(9-5-13)11-15-10-16(22)17(23)12-20(15)7-3-6-18-14(2)21/h10,12-13,23H,3-9,11H2,1-2H3,(H,18,21). The number of aromatic nitrogens is 1. The molecule has 1 aromatic rings. The summed E-state index contributed by atoms with van der Waals surface area (Å²) in [7, 11) is 0. The van der Waals surface area contributed by atoms with E-state index in [2.05, 4.69) is 17.1 Å². The van der Waals surface area contributed by atoms with Crippen LogP contribution in [0.4, 0.5) is 0 Å². The summed E-state index contributed by atoms with van der Waals surface area (Å²) >= 11 is 0. The third kappa shape index (κ3) is 5.39. The molecule has 0 aliphatic carbocycles. The Morgan fingerprint density at radius 1 is 1.39 bits per heavy atom. The highest BCUT2D eigenvalue weighted by molar-refractivity contribution is 5.72. The van der Waals surface area contributed by atoms with Crippen molar-refractivity contribution in [3.63, 3.8) is 0 Å². The van der Waals surface area contributed by atoms with Gasteiger partial charge in [0.1, 0.15) is 0 Å². The van der Waals surface area contributed by atoms with Gasteiger partial charge in [-0.25, -0.2) is 0 Å². The fourth-order valence-corrected chi connectivity index (χ4v) is 2.91. The Labute approximate surface area is 137 Å². The number of pyridine rings is 1. The summed E-state index contributed by atoms with van der Waals surface area (Å²) in [6.45, 7) is 7.83. The van der Waals surface area contributed by atoms with Gasteiger partial charge < -0.3 is 15.0 Å². The molecule has 2 N–H and O–H groups in total. The SMILES string of the molecule is CC(=O)NCCCn1cc(O)c(=O)cc1CN1CCC(C)CC1. The Morgan fingerprint density at radius 2 is 2.09 bits per heavy atom. The van der Waals surface area contributed by atoms with Crippen LogP contribution < -0.4 is 10.7 Å². The average Bonchev–Trinajstić information content (AvgIpc) is 2.50. The van der Waals surface area contributed by atoms with Crippen LogP contribution in [-0.2, 0) is 17.9 Å². The molecule has 1 aromatic heterocycles. The highest BCUT2D eigenvalue weighted by Crippen LogP contribution is 2.18. The Kier molecular flexibility index (Phi) is 6.21. The normalized spacial score (nSPS) is 16.4. The minimum absolute atomic E-state index is 0.0459. The number of rotatable bonds is 6. The zero-order chi connectivity index (χ0) is 16.8. The Bertz CT molecular complexity index is 589. The summed E-state index contributed by atoms with van der Waals surface area (Å²) in [5, 5.41) is 12.5. The third-order valence-corrected chi connectivity index (χ3v) is 4.41. The molecule has 1 aliphatic rings. The number of hydrogen-bond donors (Lipinski definition) is 2. The molecule has 1 amide bonds. The Hall–Kier alpha value is -1.82. The Balaban J connectivity index is 2.02. The number of likely N-dealkylation sites (tertiary alicyclic amines) is 1. The van der Waals surface area contributed by atoms with Crippen LogP contribution in [-0.4, -0.2) is 40.1 Å². The second-order valence-corrected chi connectivity index (χ2v) is 6.50. The molecular weight excluding hydrogens is 294 g/mol. The molecule has 6 heteroatoms. The zero-order valence-corrected chi connectivity index (χ0v) is 14.0. The molecule has 2 heterocycles. The molecule has 0 radical (unpaired) electrons. The lowest BCUT2D eigenvalue weighted by Crippen LogP contribution is -2.33. The van der Waals surface area contributed by atoms with Gasteiger partial charge in [-0.1, -0.05) is 6.92 Å². The summed E-state index contributed by atoms with van der Waals surface area (Å²) in [4.78, 5) is 25.0. The van der Waals surface area contributed by atoms with Crippen molar-refractivity contribution in [3.05, 3.63) is 28.2 Å². The lowest BCUT2D eigenvalue weighted by Gasteiger charge is -2.31. The van der Waals surface area contributed by atoms with E-state index in [1.807, 2.05) is 4.57 Å². The van der Waals surface area contributed by atoms with Crippen LogP contribution in [0.15, 0.2) is 17.1 Å². The van der Waals surface area contributed by atoms with Crippen LogP contribution in [0.3, 0.4) is 0 Å². The van der Waals surface area contributed by atoms with Gasteiger partial charge in [-0.15, -0.1) is 0 Å². The van der Waals surface area contributed by atoms with Crippen LogP contribution in [0.25, 0.3) is 0 Å². The second-order valence-electron chi connectivity index (χ2n) is 6.50. The van der Waals surface area contributed by atoms with Gasteiger partial charge in [-0.2, -0.15) is 0 Å². The lowest BCUT2D eigenvalue weighted by atomic mass is 9.99. The smallest absolute Gasteiger partial charge is 0.223 e. The van der Waals surface area contributed by atoms with Crippen molar-refractivity contribution in [3.8, 4) is 5.75 Å². The van der Waals surface area contributed by atoms with Crippen molar-refractivity contribution in [1.29, 1.82) is 0 Å². The molecule has 0 bridgehead atoms. The maximum atomic E-state index is 11.8. The van der Waals surface area contributed by atoms with Crippen LogP contribution in [0.1, 0.15) is 38.8 Å². The molecule has 0 aromatic carbocycles. The fourth-order valence-electron chi connectivity index (χ4n) is 2.91. The molecule has 0 spiro atoms. The molecule has 128 valence electrons. The van der Waals surface area contributed by atoms with Crippen LogP contribution >= 0.6 is 0 Å². The van der Waals surface area contributed by atoms with Crippen LogP contribution in [0.5, 0.6) is 5.75 Å². The van der Waals surface area contributed by atoms with Gasteiger partial charge >= 0.3 is 0 Å². The molecule has 1 saturated heterocycles. The Morgan fingerprint density at radius 3 is 2.74 bits per heavy atom. The first kappa shape index (κ1) is 17.5. The van der Waals surface area contributed by atoms with Crippen molar-refractivity contribution in [2.24, 2.45) is 5.92 Å². The van der Waals surface area contributed by atoms with Gasteiger partial charge in [0.2, 0.25) is 11.3 Å². The van der Waals surface area contributed by atoms with Crippen molar-refractivity contribution >= 4 is 5.91 Å². The monoisotopic (exact) mass is 321 g/mol. The molecular formula is C17H27N3O3. The van der Waals surface area contributed by atoms with E-state index < -0.39 is 0 Å². The van der Waals surface area contributed by atoms with Crippen molar-refractivity contribution in [2.75, 3.05) is 19.6 Å². The molecule has 2 rings (SSSR count). The first-order valence-corrected chi connectivity index (χ1v) is 8.35. The molecule has 1 aliphatic heterocycles. The number of aryl methyl sites for hydroxylation is 1. The second kappa shape index (κ2) is 8.15. The van der Waals surface area contributed by atoms with E-state index in [1.54, 1.807) is 0 Å². The number of nitrogens with zero attached hydrogens (tertiary/aromatic N) is 2. The summed E-state index contributed by atoms with van der Waals surface area (Å²) in [5.41, 5.74) is 0.591. The highest BCUT2D eigenvalue weighted by Gasteiger charge is 2.17. The van der Waals surface area contributed by atoms with E-state index in [1.165, 1.54) is 32.0 Å². The van der Waals surface area contributed by atoms with E-state index in [-0.39, 0.29) is 17.1 Å². The van der Waals surface area contributed by atoms with E-state index in [9.17, 15) is 14.7 Å². The largest absolute Gasteiger partial charge is 0.503 e. The molecule has 1 fully saturated rings. The summed E-state index contributed by atoms with van der Waals surface area (Å²) < 4.78 is 1.93. The predicted molar refractivity (Wildman–Crippen MR) is 89.3 cm³/mol. The lowest BCUT2D eigenvalue weighted by molar-refractivity contribution is -0.118. The van der Waals surface area contributed by atoms with Gasteiger partial charge in [0.05, 0.1) is 6.20 Å². The average molecular weight is 321 g/mol. The minimum Gasteiger partial charge on any atom is -0.503 e. The molecule has 0 atom stereocenters. The first-order chi connectivity index (χ1) is 11.0. The molecule has 6 nitrogen and oxygen atoms in total. The maximum absolute atomic E-state index is 11.8. The van der Waals surface area contributed by atoms with Crippen molar-refractivity contribution < 1.29 is 9.90 Å². The van der Waals surface area contributed by atoms with E-state index in [4.69, 9.17) is 0 Å². The summed E-state index contributed by atoms with van der Waals surface area (Å²) in [5.74, 6) is 0.502. The van der Waals surface area contributed by atoms with E-state index in [0.717, 1.165) is 37.7 Å². The van der Waals surface area contributed by atoms with Gasteiger partial charge in [0.25, 0.3) is 0 Å². The first-order valence-electron chi connectivity index (χ1n) is 8.35. The predicted octanol–water partition coefficient (Wildman–Crippen LogP) is 1.31. The summed E-state index contributed by atoms with van der Waals surface area (Å²) in [6.07, 6.45) is 4.64.